The Labute approximate surface area is 151 Å². The van der Waals surface area contributed by atoms with Crippen molar-refractivity contribution in [1.29, 1.82) is 5.26 Å². The second-order valence-electron chi connectivity index (χ2n) is 6.03. The molecule has 0 aliphatic carbocycles. The van der Waals surface area contributed by atoms with Crippen molar-refractivity contribution in [2.24, 2.45) is 0 Å². The van der Waals surface area contributed by atoms with Crippen molar-refractivity contribution in [2.75, 3.05) is 31.4 Å². The molecule has 0 atom stereocenters. The predicted octanol–water partition coefficient (Wildman–Crippen LogP) is 3.84. The molecule has 1 aliphatic heterocycles. The van der Waals surface area contributed by atoms with E-state index in [-0.39, 0.29) is 0 Å². The second-order valence-corrected chi connectivity index (χ2v) is 6.03. The minimum Gasteiger partial charge on any atom is -0.493 e. The number of rotatable bonds is 4. The number of nitrogens with zero attached hydrogens (tertiary/aromatic N) is 2. The van der Waals surface area contributed by atoms with Crippen molar-refractivity contribution in [3.63, 3.8) is 0 Å². The molecule has 130 valence electrons. The Morgan fingerprint density at radius 3 is 2.85 bits per heavy atom. The topological polar surface area (TPSA) is 79.2 Å². The van der Waals surface area contributed by atoms with E-state index < -0.39 is 0 Å². The highest BCUT2D eigenvalue weighted by atomic mass is 16.5. The summed E-state index contributed by atoms with van der Waals surface area (Å²) in [6, 6.07) is 12.1. The lowest BCUT2D eigenvalue weighted by atomic mass is 10.1. The first-order chi connectivity index (χ1) is 12.7. The molecule has 0 saturated heterocycles. The molecule has 0 fully saturated rings. The smallest absolute Gasteiger partial charge is 0.187 e. The number of benzene rings is 2. The van der Waals surface area contributed by atoms with E-state index in [4.69, 9.17) is 9.47 Å². The van der Waals surface area contributed by atoms with E-state index in [1.165, 1.54) is 5.56 Å². The van der Waals surface area contributed by atoms with Gasteiger partial charge in [0.1, 0.15) is 11.6 Å². The van der Waals surface area contributed by atoms with Crippen molar-refractivity contribution in [1.82, 2.24) is 4.98 Å². The number of nitriles is 1. The molecule has 2 heterocycles. The van der Waals surface area contributed by atoms with Crippen LogP contribution >= 0.6 is 0 Å². The number of anilines is 3. The van der Waals surface area contributed by atoms with Crippen molar-refractivity contribution in [3.8, 4) is 17.6 Å². The van der Waals surface area contributed by atoms with Crippen molar-refractivity contribution < 1.29 is 9.47 Å². The lowest BCUT2D eigenvalue weighted by Gasteiger charge is -2.15. The lowest BCUT2D eigenvalue weighted by molar-refractivity contribution is 0.358. The normalized spacial score (nSPS) is 12.2. The summed E-state index contributed by atoms with van der Waals surface area (Å²) in [5, 5.41) is 17.1. The highest BCUT2D eigenvalue weighted by Gasteiger charge is 2.17. The Bertz CT molecular complexity index is 1040. The SMILES string of the molecule is COc1ccc2c(Nc3ccc4c(c3)NCC4)c(C#N)cnc2c1OC. The van der Waals surface area contributed by atoms with Crippen LogP contribution in [-0.2, 0) is 6.42 Å². The number of aromatic nitrogens is 1. The van der Waals surface area contributed by atoms with E-state index in [2.05, 4.69) is 33.8 Å². The van der Waals surface area contributed by atoms with Crippen molar-refractivity contribution in [3.05, 3.63) is 47.7 Å². The molecule has 2 aromatic carbocycles. The van der Waals surface area contributed by atoms with Gasteiger partial charge in [0, 0.05) is 29.5 Å². The first-order valence-electron chi connectivity index (χ1n) is 8.32. The largest absolute Gasteiger partial charge is 0.493 e. The monoisotopic (exact) mass is 346 g/mol. The fourth-order valence-electron chi connectivity index (χ4n) is 3.31. The average molecular weight is 346 g/mol. The Morgan fingerprint density at radius 2 is 2.08 bits per heavy atom. The van der Waals surface area contributed by atoms with E-state index in [0.29, 0.717) is 28.3 Å². The molecule has 0 amide bonds. The third-order valence-corrected chi connectivity index (χ3v) is 4.59. The summed E-state index contributed by atoms with van der Waals surface area (Å²) >= 11 is 0. The van der Waals surface area contributed by atoms with E-state index in [1.807, 2.05) is 18.2 Å². The van der Waals surface area contributed by atoms with Gasteiger partial charge in [0.05, 0.1) is 25.5 Å². The molecule has 1 aromatic heterocycles. The number of hydrogen-bond acceptors (Lipinski definition) is 6. The molecule has 6 nitrogen and oxygen atoms in total. The minimum atomic E-state index is 0.471. The number of fused-ring (bicyclic) bond motifs is 2. The highest BCUT2D eigenvalue weighted by Crippen LogP contribution is 2.39. The molecule has 6 heteroatoms. The standard InChI is InChI=1S/C20H18N4O2/c1-25-17-6-5-15-18(13(10-21)11-23-19(15)20(17)26-2)24-14-4-3-12-7-8-22-16(12)9-14/h3-6,9,11,22H,7-8H2,1-2H3,(H,23,24). The molecule has 4 rings (SSSR count). The summed E-state index contributed by atoms with van der Waals surface area (Å²) < 4.78 is 10.8. The molecule has 2 N–H and O–H groups in total. The molecule has 0 radical (unpaired) electrons. The lowest BCUT2D eigenvalue weighted by Crippen LogP contribution is -2.00. The zero-order valence-electron chi connectivity index (χ0n) is 14.6. The van der Waals surface area contributed by atoms with Gasteiger partial charge in [-0.05, 0) is 36.2 Å². The summed E-state index contributed by atoms with van der Waals surface area (Å²) in [6.07, 6.45) is 2.59. The van der Waals surface area contributed by atoms with E-state index in [0.717, 1.165) is 29.7 Å². The molecular weight excluding hydrogens is 328 g/mol. The van der Waals surface area contributed by atoms with Crippen LogP contribution in [0.25, 0.3) is 10.9 Å². The highest BCUT2D eigenvalue weighted by molar-refractivity contribution is 6.00. The summed E-state index contributed by atoms with van der Waals surface area (Å²) in [4.78, 5) is 4.41. The van der Waals surface area contributed by atoms with Crippen LogP contribution in [0.15, 0.2) is 36.5 Å². The third-order valence-electron chi connectivity index (χ3n) is 4.59. The molecule has 0 unspecified atom stereocenters. The summed E-state index contributed by atoms with van der Waals surface area (Å²) in [5.74, 6) is 1.15. The second kappa shape index (κ2) is 6.45. The van der Waals surface area contributed by atoms with Gasteiger partial charge in [-0.2, -0.15) is 5.26 Å². The van der Waals surface area contributed by atoms with E-state index >= 15 is 0 Å². The van der Waals surface area contributed by atoms with Crippen LogP contribution in [0.1, 0.15) is 11.1 Å². The molecule has 3 aromatic rings. The Kier molecular flexibility index (Phi) is 3.98. The first kappa shape index (κ1) is 16.0. The molecule has 1 aliphatic rings. The summed E-state index contributed by atoms with van der Waals surface area (Å²) in [5.41, 5.74) is 5.17. The van der Waals surface area contributed by atoms with Gasteiger partial charge in [-0.25, -0.2) is 0 Å². The third kappa shape index (κ3) is 2.54. The maximum absolute atomic E-state index is 9.54. The van der Waals surface area contributed by atoms with Gasteiger partial charge in [-0.3, -0.25) is 4.98 Å². The van der Waals surface area contributed by atoms with Crippen LogP contribution < -0.4 is 20.1 Å². The molecule has 0 saturated carbocycles. The predicted molar refractivity (Wildman–Crippen MR) is 101 cm³/mol. The van der Waals surface area contributed by atoms with Gasteiger partial charge in [0.2, 0.25) is 0 Å². The summed E-state index contributed by atoms with van der Waals surface area (Å²) in [7, 11) is 3.17. The molecule has 26 heavy (non-hydrogen) atoms. The van der Waals surface area contributed by atoms with Crippen LogP contribution in [-0.4, -0.2) is 25.7 Å². The van der Waals surface area contributed by atoms with Gasteiger partial charge in [-0.15, -0.1) is 0 Å². The molecular formula is C20H18N4O2. The Morgan fingerprint density at radius 1 is 1.19 bits per heavy atom. The number of pyridine rings is 1. The van der Waals surface area contributed by atoms with Crippen molar-refractivity contribution >= 4 is 28.0 Å². The quantitative estimate of drug-likeness (QED) is 0.747. The maximum Gasteiger partial charge on any atom is 0.187 e. The number of hydrogen-bond donors (Lipinski definition) is 2. The summed E-state index contributed by atoms with van der Waals surface area (Å²) in [6.45, 7) is 0.956. The number of methoxy groups -OCH3 is 2. The van der Waals surface area contributed by atoms with Gasteiger partial charge in [0.25, 0.3) is 0 Å². The van der Waals surface area contributed by atoms with Crippen LogP contribution in [0, 0.1) is 11.3 Å². The van der Waals surface area contributed by atoms with E-state index in [9.17, 15) is 5.26 Å². The van der Waals surface area contributed by atoms with Gasteiger partial charge >= 0.3 is 0 Å². The number of ether oxygens (including phenoxy) is 2. The fourth-order valence-corrected chi connectivity index (χ4v) is 3.31. The van der Waals surface area contributed by atoms with Gasteiger partial charge in [-0.1, -0.05) is 6.07 Å². The van der Waals surface area contributed by atoms with E-state index in [1.54, 1.807) is 20.4 Å². The Hall–Kier alpha value is -3.46. The zero-order chi connectivity index (χ0) is 18.1. The van der Waals surface area contributed by atoms with Gasteiger partial charge < -0.3 is 20.1 Å². The minimum absolute atomic E-state index is 0.471. The van der Waals surface area contributed by atoms with Crippen LogP contribution in [0.4, 0.5) is 17.1 Å². The number of nitrogens with one attached hydrogen (secondary N) is 2. The van der Waals surface area contributed by atoms with Crippen LogP contribution in [0.5, 0.6) is 11.5 Å². The molecule has 0 spiro atoms. The average Bonchev–Trinajstić information content (AvgIpc) is 3.15. The zero-order valence-corrected chi connectivity index (χ0v) is 14.6. The van der Waals surface area contributed by atoms with Gasteiger partial charge in [0.15, 0.2) is 11.5 Å². The Balaban J connectivity index is 1.86. The van der Waals surface area contributed by atoms with Crippen molar-refractivity contribution in [2.45, 2.75) is 6.42 Å². The van der Waals surface area contributed by atoms with Crippen LogP contribution in [0.3, 0.4) is 0 Å². The van der Waals surface area contributed by atoms with Crippen LogP contribution in [0.2, 0.25) is 0 Å². The fraction of sp³-hybridized carbons (Fsp3) is 0.200. The maximum atomic E-state index is 9.54. The molecule has 0 bridgehead atoms. The first-order valence-corrected chi connectivity index (χ1v) is 8.32.